The molecule has 371 valence electrons. The number of nitrogens with zero attached hydrogens (tertiary/aromatic N) is 7. The fourth-order valence-corrected chi connectivity index (χ4v) is 7.90. The van der Waals surface area contributed by atoms with Crippen LogP contribution < -0.4 is 25.5 Å². The van der Waals surface area contributed by atoms with E-state index in [0.29, 0.717) is 0 Å². The molecule has 0 N–H and O–H groups in total. The van der Waals surface area contributed by atoms with Gasteiger partial charge in [0.05, 0.1) is 50.8 Å². The van der Waals surface area contributed by atoms with Crippen molar-refractivity contribution in [2.24, 2.45) is 7.05 Å². The second-order valence-electron chi connectivity index (χ2n) is 15.9. The Morgan fingerprint density at radius 2 is 0.562 bits per heavy atom. The topological polar surface area (TPSA) is 114 Å². The molecule has 9 aromatic rings. The number of aryl methyl sites for hydroxylation is 1. The maximum atomic E-state index is 13.7. The molecule has 0 fully saturated rings. The number of hydrogen-bond acceptors (Lipinski definition) is 2. The van der Waals surface area contributed by atoms with Gasteiger partial charge in [0.15, 0.2) is 0 Å². The Bertz CT molecular complexity index is 2730. The Balaban J connectivity index is 0.000000800. The minimum Gasteiger partial charge on any atom is -0.628 e. The summed E-state index contributed by atoms with van der Waals surface area (Å²) in [4.78, 5) is 30.5. The molecule has 1 aliphatic rings. The van der Waals surface area contributed by atoms with Crippen LogP contribution in [-0.2, 0) is 48.8 Å². The number of alkyl halides is 12. The van der Waals surface area contributed by atoms with Crippen molar-refractivity contribution in [1.29, 1.82) is 0 Å². The van der Waals surface area contributed by atoms with Crippen LogP contribution in [-0.4, -0.2) is 9.55 Å². The van der Waals surface area contributed by atoms with Gasteiger partial charge in [-0.05, 0) is 94.1 Å². The van der Waals surface area contributed by atoms with E-state index in [9.17, 15) is 52.7 Å². The molecule has 73 heavy (non-hydrogen) atoms. The summed E-state index contributed by atoms with van der Waals surface area (Å²) in [5, 5.41) is 0. The van der Waals surface area contributed by atoms with Crippen molar-refractivity contribution < 1.29 is 69.8 Å². The number of benzene rings is 4. The number of rotatable bonds is 4. The average molecular weight is 1050 g/mol. The van der Waals surface area contributed by atoms with E-state index >= 15 is 0 Å². The molecule has 1 aliphatic heterocycles. The van der Waals surface area contributed by atoms with Gasteiger partial charge in [0.25, 0.3) is 0 Å². The summed E-state index contributed by atoms with van der Waals surface area (Å²) >= 11 is 0. The summed E-state index contributed by atoms with van der Waals surface area (Å²) in [7, 11) is 1.94. The quantitative estimate of drug-likeness (QED) is 0.0985. The number of hydrogen-bond donors (Lipinski definition) is 0. The molecule has 4 aromatic carbocycles. The largest absolute Gasteiger partial charge is 0.628 e. The Morgan fingerprint density at radius 1 is 0.370 bits per heavy atom. The Hall–Kier alpha value is -8.03. The first-order valence-electron chi connectivity index (χ1n) is 21.0. The minimum absolute atomic E-state index is 0. The Labute approximate surface area is 418 Å². The zero-order valence-electron chi connectivity index (χ0n) is 37.0. The molecule has 0 spiro atoms. The van der Waals surface area contributed by atoms with Gasteiger partial charge in [-0.2, -0.15) is 52.7 Å². The molecule has 1 radical (unpaired) electrons. The normalized spacial score (nSPS) is 12.9. The summed E-state index contributed by atoms with van der Waals surface area (Å²) < 4.78 is 167. The van der Waals surface area contributed by atoms with Crippen molar-refractivity contribution in [1.82, 2.24) is 35.1 Å². The second-order valence-corrected chi connectivity index (χ2v) is 15.9. The van der Waals surface area contributed by atoms with Crippen molar-refractivity contribution in [3.8, 4) is 0 Å². The molecule has 0 saturated heterocycles. The molecule has 10 rings (SSSR count). The van der Waals surface area contributed by atoms with Gasteiger partial charge in [0.1, 0.15) is 5.59 Å². The van der Waals surface area contributed by atoms with Gasteiger partial charge in [-0.15, -0.1) is 4.91 Å². The van der Waals surface area contributed by atoms with Crippen molar-refractivity contribution in [2.75, 3.05) is 0 Å². The summed E-state index contributed by atoms with van der Waals surface area (Å²) in [5.74, 6) is 0.952. The number of nitroso groups, excluding NO2 is 1. The van der Waals surface area contributed by atoms with Gasteiger partial charge >= 0.3 is 24.7 Å². The van der Waals surface area contributed by atoms with Crippen LogP contribution in [0.4, 0.5) is 52.7 Å². The summed E-state index contributed by atoms with van der Waals surface area (Å²) in [6, 6.07) is 29.3. The fraction of sp³-hybridized carbons (Fsp3) is 0.0962. The third kappa shape index (κ3) is 11.4. The molecule has 5 aromatic heterocycles. The first kappa shape index (κ1) is 52.8. The minimum atomic E-state index is -4.67. The van der Waals surface area contributed by atoms with Gasteiger partial charge in [0, 0.05) is 157 Å². The molecule has 8 bridgehead atoms. The monoisotopic (exact) mass is 1050 g/mol. The van der Waals surface area contributed by atoms with Crippen molar-refractivity contribution in [2.45, 2.75) is 24.7 Å². The first-order chi connectivity index (χ1) is 34.1. The summed E-state index contributed by atoms with van der Waals surface area (Å²) in [5.41, 5.74) is 4.47. The van der Waals surface area contributed by atoms with Crippen molar-refractivity contribution in [3.63, 3.8) is 0 Å². The Morgan fingerprint density at radius 3 is 0.685 bits per heavy atom. The molecule has 8 nitrogen and oxygen atoms in total. The average Bonchev–Trinajstić information content (AvgIpc) is 4.22. The van der Waals surface area contributed by atoms with Crippen molar-refractivity contribution >= 4 is 0 Å². The number of fused-ring (bicyclic) bond motifs is 8. The van der Waals surface area contributed by atoms with E-state index < -0.39 is 47.0 Å². The predicted octanol–water partition coefficient (Wildman–Crippen LogP) is 12.0. The van der Waals surface area contributed by atoms with Crippen LogP contribution >= 0.6 is 0 Å². The molecule has 0 aliphatic carbocycles. The van der Waals surface area contributed by atoms with Crippen molar-refractivity contribution in [3.05, 3.63) is 283 Å². The molecular weight excluding hydrogens is 1020 g/mol. The maximum absolute atomic E-state index is 13.7. The van der Waals surface area contributed by atoms with E-state index in [1.54, 1.807) is 61.1 Å². The van der Waals surface area contributed by atoms with E-state index in [2.05, 4.69) is 4.98 Å². The maximum Gasteiger partial charge on any atom is 0.417 e. The van der Waals surface area contributed by atoms with Gasteiger partial charge in [-0.1, -0.05) is 0 Å². The number of aromatic nitrogens is 6. The first-order valence-corrected chi connectivity index (χ1v) is 21.0. The molecule has 21 heteroatoms. The molecule has 0 unspecified atom stereocenters. The molecule has 0 atom stereocenters. The van der Waals surface area contributed by atoms with E-state index in [1.165, 1.54) is 48.5 Å². The van der Waals surface area contributed by atoms with E-state index in [4.69, 9.17) is 30.4 Å². The van der Waals surface area contributed by atoms with Gasteiger partial charge in [0.2, 0.25) is 0 Å². The Kier molecular flexibility index (Phi) is 14.9. The molecule has 6 heterocycles. The predicted molar refractivity (Wildman–Crippen MR) is 236 cm³/mol. The number of halogens is 12. The van der Waals surface area contributed by atoms with E-state index in [-0.39, 0.29) is 109 Å². The molecular formula is C52H30F12FeN7O. The van der Waals surface area contributed by atoms with Crippen LogP contribution in [0, 0.1) is 28.6 Å². The molecule has 0 saturated carbocycles. The second kappa shape index (κ2) is 20.6. The third-order valence-electron chi connectivity index (χ3n) is 11.2. The number of imidazole rings is 1. The fourth-order valence-electron chi connectivity index (χ4n) is 7.90. The van der Waals surface area contributed by atoms with Crippen LogP contribution in [0.1, 0.15) is 90.1 Å². The summed E-state index contributed by atoms with van der Waals surface area (Å²) in [6.07, 6.45) is -13.3. The van der Waals surface area contributed by atoms with Crippen LogP contribution in [0.15, 0.2) is 164 Å². The van der Waals surface area contributed by atoms with Gasteiger partial charge in [-0.3, -0.25) is 0 Å². The zero-order chi connectivity index (χ0) is 51.8. The third-order valence-corrected chi connectivity index (χ3v) is 11.2. The SMILES string of the molecule is Cn1ccnc1.FC(F)(F)c1ccc([C+]2c3ccc([n-]3)[C+](c3ccc(C(F)(F)F)cc3)c3ccc([n-]3)[C+](c3ccc(C(F)(F)F)cc3)c3ccc([n-]3)[C+](c3ccc(C(F)(F)F)cc3)c3ccc2[n-]3)cc1.[Fe].[N]=O. The standard InChI is InChI=1S/C48H24F12N4.C4H6N2.Fe.NO/c49-45(50,51)29-9-1-25(2-10-29)41-33-17-19-35(61-33)42(26-3-11-30(12-4-26)46(52,53)54)37-21-23-39(63-37)44(28-7-15-32(16-8-28)48(58,59)60)40-24-22-38(64-40)43(36-20-18-34(41)62-36)27-5-13-31(14-6-27)47(55,56)57;1-6-3-2-5-4-6;;1-2/h1-24H;2-4H,1H3;;. The van der Waals surface area contributed by atoms with Crippen LogP contribution in [0.3, 0.4) is 0 Å². The van der Waals surface area contributed by atoms with E-state index in [0.717, 1.165) is 48.5 Å². The van der Waals surface area contributed by atoms with Gasteiger partial charge in [-0.25, -0.2) is 4.98 Å². The van der Waals surface area contributed by atoms with Gasteiger partial charge < -0.3 is 24.5 Å². The smallest absolute Gasteiger partial charge is 0.417 e. The molecule has 0 amide bonds. The van der Waals surface area contributed by atoms with Crippen LogP contribution in [0.25, 0.3) is 0 Å². The zero-order valence-corrected chi connectivity index (χ0v) is 38.1. The van der Waals surface area contributed by atoms with E-state index in [1.807, 2.05) is 17.8 Å². The van der Waals surface area contributed by atoms with Crippen LogP contribution in [0.5, 0.6) is 0 Å². The van der Waals surface area contributed by atoms with Crippen LogP contribution in [0.2, 0.25) is 0 Å². The summed E-state index contributed by atoms with van der Waals surface area (Å²) in [6.45, 7) is 0.